The van der Waals surface area contributed by atoms with Crippen LogP contribution in [-0.2, 0) is 0 Å². The van der Waals surface area contributed by atoms with Gasteiger partial charge >= 0.3 is 0 Å². The Balaban J connectivity index is 2.20. The van der Waals surface area contributed by atoms with Gasteiger partial charge in [0.2, 0.25) is 0 Å². The van der Waals surface area contributed by atoms with Crippen molar-refractivity contribution in [3.05, 3.63) is 86.2 Å². The lowest BCUT2D eigenvalue weighted by Crippen LogP contribution is -1.98. The maximum absolute atomic E-state index is 3.67. The van der Waals surface area contributed by atoms with Gasteiger partial charge in [-0.05, 0) is 49.7 Å². The third-order valence-corrected chi connectivity index (χ3v) is 5.81. The van der Waals surface area contributed by atoms with Crippen molar-refractivity contribution >= 4 is 20.1 Å². The van der Waals surface area contributed by atoms with E-state index in [1.165, 1.54) is 37.2 Å². The molecule has 1 heteroatoms. The van der Waals surface area contributed by atoms with E-state index in [2.05, 4.69) is 73.8 Å². The summed E-state index contributed by atoms with van der Waals surface area (Å²) in [6.07, 6.45) is 11.4. The monoisotopic (exact) mass is 285 g/mol. The minimum Gasteiger partial charge on any atom is -0.0801 e. The first-order valence-electron chi connectivity index (χ1n) is 7.46. The zero-order chi connectivity index (χ0) is 14.4. The van der Waals surface area contributed by atoms with Crippen molar-refractivity contribution in [1.82, 2.24) is 0 Å². The molecule has 0 nitrogen and oxygen atoms in total. The molecular formula is C20H17Si. The highest BCUT2D eigenvalue weighted by molar-refractivity contribution is 6.47. The number of hydrogen-bond acceptors (Lipinski definition) is 0. The molecular weight excluding hydrogens is 268 g/mol. The van der Waals surface area contributed by atoms with Gasteiger partial charge in [-0.15, -0.1) is 0 Å². The molecule has 2 aliphatic rings. The molecule has 0 heterocycles. The van der Waals surface area contributed by atoms with Crippen LogP contribution in [0.3, 0.4) is 0 Å². The average molecular weight is 285 g/mol. The van der Waals surface area contributed by atoms with Crippen LogP contribution in [0.2, 0.25) is 13.1 Å². The molecule has 2 aliphatic carbocycles. The number of rotatable bonds is 1. The second-order valence-electron chi connectivity index (χ2n) is 5.91. The predicted octanol–water partition coefficient (Wildman–Crippen LogP) is 3.92. The second kappa shape index (κ2) is 4.78. The summed E-state index contributed by atoms with van der Waals surface area (Å²) >= 11 is 0. The Morgan fingerprint density at radius 2 is 1.86 bits per heavy atom. The van der Waals surface area contributed by atoms with Crippen molar-refractivity contribution in [2.75, 3.05) is 0 Å². The summed E-state index contributed by atoms with van der Waals surface area (Å²) in [5.74, 6) is 0. The first-order chi connectivity index (χ1) is 10.3. The molecule has 0 unspecified atom stereocenters. The van der Waals surface area contributed by atoms with Gasteiger partial charge < -0.3 is 0 Å². The van der Waals surface area contributed by atoms with Crippen LogP contribution in [-0.4, -0.2) is 8.41 Å². The van der Waals surface area contributed by atoms with E-state index in [4.69, 9.17) is 0 Å². The molecule has 0 bridgehead atoms. The molecule has 0 saturated carbocycles. The van der Waals surface area contributed by atoms with Gasteiger partial charge in [0.1, 0.15) is 0 Å². The highest BCUT2D eigenvalue weighted by Gasteiger charge is 2.14. The summed E-state index contributed by atoms with van der Waals surface area (Å²) < 4.78 is 0. The van der Waals surface area contributed by atoms with Crippen LogP contribution in [0, 0.1) is 15.3 Å². The van der Waals surface area contributed by atoms with Crippen LogP contribution >= 0.6 is 0 Å². The fourth-order valence-corrected chi connectivity index (χ4v) is 4.50. The van der Waals surface area contributed by atoms with Gasteiger partial charge in [0.25, 0.3) is 0 Å². The van der Waals surface area contributed by atoms with E-state index in [0.29, 0.717) is 0 Å². The Kier molecular flexibility index (Phi) is 2.90. The van der Waals surface area contributed by atoms with Crippen LogP contribution in [0.25, 0.3) is 11.6 Å². The van der Waals surface area contributed by atoms with E-state index in [1.807, 2.05) is 0 Å². The molecule has 21 heavy (non-hydrogen) atoms. The van der Waals surface area contributed by atoms with Crippen LogP contribution in [0.4, 0.5) is 0 Å². The van der Waals surface area contributed by atoms with Crippen molar-refractivity contribution in [1.29, 1.82) is 0 Å². The average Bonchev–Trinajstić information content (AvgIpc) is 3.13. The number of fused-ring (bicyclic) bond motifs is 2. The van der Waals surface area contributed by atoms with Crippen LogP contribution in [0.5, 0.6) is 0 Å². The van der Waals surface area contributed by atoms with E-state index in [9.17, 15) is 0 Å². The maximum Gasteiger partial charge on any atom is 0.0136 e. The van der Waals surface area contributed by atoms with Gasteiger partial charge in [0, 0.05) is 8.41 Å². The summed E-state index contributed by atoms with van der Waals surface area (Å²) in [6.45, 7) is 4.75. The lowest BCUT2D eigenvalue weighted by atomic mass is 9.98. The topological polar surface area (TPSA) is 0 Å². The van der Waals surface area contributed by atoms with Crippen LogP contribution in [0.15, 0.2) is 54.6 Å². The molecule has 0 spiro atoms. The van der Waals surface area contributed by atoms with E-state index in [-0.39, 0.29) is 0 Å². The molecule has 0 atom stereocenters. The number of hydrogen-bond donors (Lipinski definition) is 0. The zero-order valence-electron chi connectivity index (χ0n) is 12.4. The Hall–Kier alpha value is -1.99. The van der Waals surface area contributed by atoms with Gasteiger partial charge in [-0.1, -0.05) is 67.7 Å². The van der Waals surface area contributed by atoms with Gasteiger partial charge in [-0.25, -0.2) is 0 Å². The molecule has 0 aromatic heterocycles. The van der Waals surface area contributed by atoms with Crippen molar-refractivity contribution in [2.24, 2.45) is 0 Å². The molecule has 2 aromatic carbocycles. The first-order valence-corrected chi connectivity index (χ1v) is 9.96. The SMILES string of the molecule is C[Si](C)=c1ccc2c(c1C1=CC=CC1)[C]=c1ccccc1=2. The largest absolute Gasteiger partial charge is 0.0801 e. The fraction of sp³-hybridized carbons (Fsp3) is 0.150. The minimum absolute atomic E-state index is 0.494. The first kappa shape index (κ1) is 12.7. The van der Waals surface area contributed by atoms with E-state index in [1.54, 1.807) is 0 Å². The molecule has 0 saturated heterocycles. The predicted molar refractivity (Wildman–Crippen MR) is 90.7 cm³/mol. The van der Waals surface area contributed by atoms with E-state index >= 15 is 0 Å². The summed E-state index contributed by atoms with van der Waals surface area (Å²) in [6, 6.07) is 13.3. The van der Waals surface area contributed by atoms with Gasteiger partial charge in [-0.3, -0.25) is 0 Å². The smallest absolute Gasteiger partial charge is 0.0136 e. The fourth-order valence-electron chi connectivity index (χ4n) is 3.30. The summed E-state index contributed by atoms with van der Waals surface area (Å²) in [4.78, 5) is 1.54. The minimum atomic E-state index is -0.494. The highest BCUT2D eigenvalue weighted by Crippen LogP contribution is 2.29. The molecule has 1 radical (unpaired) electrons. The van der Waals surface area contributed by atoms with Crippen LogP contribution in [0.1, 0.15) is 17.5 Å². The molecule has 0 amide bonds. The third kappa shape index (κ3) is 1.92. The van der Waals surface area contributed by atoms with Crippen molar-refractivity contribution < 1.29 is 0 Å². The Morgan fingerprint density at radius 1 is 1.00 bits per heavy atom. The highest BCUT2D eigenvalue weighted by atomic mass is 28.2. The lowest BCUT2D eigenvalue weighted by Gasteiger charge is -2.10. The van der Waals surface area contributed by atoms with Gasteiger partial charge in [0.15, 0.2) is 0 Å². The maximum atomic E-state index is 3.67. The Morgan fingerprint density at radius 3 is 2.62 bits per heavy atom. The molecule has 0 N–H and O–H groups in total. The zero-order valence-corrected chi connectivity index (χ0v) is 13.4. The standard InChI is InChI=1S/C20H17Si/c1-21(2)19-12-11-17-16-10-6-5-9-15(16)13-18(17)20(19)14-7-3-4-8-14/h3-7,9-12H,8H2,1-2H3. The normalized spacial score (nSPS) is 14.5. The van der Waals surface area contributed by atoms with Crippen molar-refractivity contribution in [3.63, 3.8) is 0 Å². The quantitative estimate of drug-likeness (QED) is 0.594. The number of allylic oxidation sites excluding steroid dienone is 4. The third-order valence-electron chi connectivity index (χ3n) is 4.31. The van der Waals surface area contributed by atoms with Gasteiger partial charge in [0.05, 0.1) is 0 Å². The molecule has 0 aliphatic heterocycles. The molecule has 0 fully saturated rings. The van der Waals surface area contributed by atoms with E-state index in [0.717, 1.165) is 6.42 Å². The number of benzene rings is 2. The summed E-state index contributed by atoms with van der Waals surface area (Å²) in [5.41, 5.74) is 4.22. The van der Waals surface area contributed by atoms with Gasteiger partial charge in [-0.2, -0.15) is 0 Å². The molecule has 101 valence electrons. The molecule has 2 aromatic rings. The van der Waals surface area contributed by atoms with Crippen molar-refractivity contribution in [2.45, 2.75) is 19.5 Å². The van der Waals surface area contributed by atoms with E-state index < -0.39 is 8.41 Å². The summed E-state index contributed by atoms with van der Waals surface area (Å²) in [5, 5.41) is 3.91. The lowest BCUT2D eigenvalue weighted by molar-refractivity contribution is 1.38. The summed E-state index contributed by atoms with van der Waals surface area (Å²) in [7, 11) is -0.494. The second-order valence-corrected chi connectivity index (χ2v) is 8.44. The van der Waals surface area contributed by atoms with Crippen molar-refractivity contribution in [3.8, 4) is 0 Å². The Labute approximate surface area is 126 Å². The Bertz CT molecular complexity index is 1020. The molecule has 4 rings (SSSR count). The van der Waals surface area contributed by atoms with Crippen LogP contribution < -0.4 is 5.22 Å².